The van der Waals surface area contributed by atoms with Gasteiger partial charge in [0.25, 0.3) is 5.89 Å². The van der Waals surface area contributed by atoms with E-state index < -0.39 is 0 Å². The summed E-state index contributed by atoms with van der Waals surface area (Å²) in [5.41, 5.74) is 2.60. The maximum absolute atomic E-state index is 15.1. The smallest absolute Gasteiger partial charge is 0.261 e. The van der Waals surface area contributed by atoms with Crippen LogP contribution in [0.3, 0.4) is 0 Å². The molecular formula is C26H30FN5O2. The number of rotatable bonds is 4. The van der Waals surface area contributed by atoms with Crippen LogP contribution in [-0.2, 0) is 4.74 Å². The minimum atomic E-state index is -0.371. The normalized spacial score (nSPS) is 17.7. The minimum Gasteiger partial charge on any atom is -0.381 e. The van der Waals surface area contributed by atoms with Crippen LogP contribution in [0.4, 0.5) is 10.2 Å². The second kappa shape index (κ2) is 9.69. The molecule has 2 aliphatic rings. The quantitative estimate of drug-likeness (QED) is 0.583. The Hall–Kier alpha value is -3.02. The lowest BCUT2D eigenvalue weighted by atomic mass is 9.98. The highest BCUT2D eigenvalue weighted by atomic mass is 19.1. The Balaban J connectivity index is 1.50. The van der Waals surface area contributed by atoms with Gasteiger partial charge in [-0.05, 0) is 64.2 Å². The molecule has 0 aliphatic carbocycles. The largest absolute Gasteiger partial charge is 0.381 e. The van der Waals surface area contributed by atoms with Crippen LogP contribution >= 0.6 is 0 Å². The highest BCUT2D eigenvalue weighted by molar-refractivity contribution is 5.93. The van der Waals surface area contributed by atoms with Gasteiger partial charge in [-0.1, -0.05) is 11.1 Å². The Labute approximate surface area is 199 Å². The lowest BCUT2D eigenvalue weighted by molar-refractivity contribution is 0.0738. The molecule has 2 saturated heterocycles. The maximum atomic E-state index is 15.1. The van der Waals surface area contributed by atoms with E-state index >= 15 is 4.39 Å². The van der Waals surface area contributed by atoms with Gasteiger partial charge in [-0.3, -0.25) is 0 Å². The third kappa shape index (κ3) is 4.50. The Morgan fingerprint density at radius 2 is 1.79 bits per heavy atom. The molecule has 0 unspecified atom stereocenters. The summed E-state index contributed by atoms with van der Waals surface area (Å²) in [4.78, 5) is 11.5. The minimum absolute atomic E-state index is 0.344. The molecule has 5 rings (SSSR count). The zero-order chi connectivity index (χ0) is 23.7. The summed E-state index contributed by atoms with van der Waals surface area (Å²) in [6.45, 7) is 8.80. The number of hydrogen-bond acceptors (Lipinski definition) is 7. The van der Waals surface area contributed by atoms with E-state index in [1.165, 1.54) is 6.07 Å². The molecule has 34 heavy (non-hydrogen) atoms. The molecule has 8 heteroatoms. The van der Waals surface area contributed by atoms with E-state index in [1.807, 2.05) is 13.0 Å². The van der Waals surface area contributed by atoms with E-state index in [-0.39, 0.29) is 5.82 Å². The van der Waals surface area contributed by atoms with Gasteiger partial charge in [-0.15, -0.1) is 5.92 Å². The number of nitrogens with zero attached hydrogens (tertiary/aromatic N) is 4. The van der Waals surface area contributed by atoms with E-state index in [0.717, 1.165) is 63.1 Å². The number of piperidine rings is 1. The fourth-order valence-electron chi connectivity index (χ4n) is 5.02. The van der Waals surface area contributed by atoms with Crippen molar-refractivity contribution in [2.75, 3.05) is 31.2 Å². The summed E-state index contributed by atoms with van der Waals surface area (Å²) in [6.07, 6.45) is 4.11. The monoisotopic (exact) mass is 463 g/mol. The molecule has 2 aliphatic heterocycles. The number of aromatic nitrogens is 3. The van der Waals surface area contributed by atoms with Crippen molar-refractivity contribution in [2.45, 2.75) is 58.5 Å². The van der Waals surface area contributed by atoms with Crippen LogP contribution in [0.1, 0.15) is 49.6 Å². The first-order valence-corrected chi connectivity index (χ1v) is 12.0. The summed E-state index contributed by atoms with van der Waals surface area (Å²) < 4.78 is 26.2. The molecule has 1 N–H and O–H groups in total. The van der Waals surface area contributed by atoms with Crippen LogP contribution in [0.2, 0.25) is 0 Å². The van der Waals surface area contributed by atoms with Crippen LogP contribution in [0.15, 0.2) is 16.7 Å². The van der Waals surface area contributed by atoms with E-state index in [4.69, 9.17) is 14.2 Å². The molecule has 0 bridgehead atoms. The number of hydrogen-bond donors (Lipinski definition) is 1. The molecule has 0 amide bonds. The van der Waals surface area contributed by atoms with Gasteiger partial charge < -0.3 is 19.5 Å². The molecule has 0 spiro atoms. The van der Waals surface area contributed by atoms with Crippen molar-refractivity contribution >= 4 is 16.7 Å². The van der Waals surface area contributed by atoms with E-state index in [2.05, 4.69) is 32.2 Å². The third-order valence-electron chi connectivity index (χ3n) is 6.78. The van der Waals surface area contributed by atoms with Gasteiger partial charge in [0.2, 0.25) is 0 Å². The highest BCUT2D eigenvalue weighted by Gasteiger charge is 2.28. The van der Waals surface area contributed by atoms with Crippen molar-refractivity contribution in [1.29, 1.82) is 0 Å². The lowest BCUT2D eigenvalue weighted by Crippen LogP contribution is -2.48. The number of anilines is 1. The molecule has 2 aromatic heterocycles. The number of halogens is 1. The van der Waals surface area contributed by atoms with Crippen LogP contribution < -0.4 is 10.2 Å². The predicted octanol–water partition coefficient (Wildman–Crippen LogP) is 4.15. The highest BCUT2D eigenvalue weighted by Crippen LogP contribution is 2.38. The summed E-state index contributed by atoms with van der Waals surface area (Å²) in [5, 5.41) is 8.51. The number of ether oxygens (including phenoxy) is 1. The van der Waals surface area contributed by atoms with Gasteiger partial charge in [-0.2, -0.15) is 4.98 Å². The Morgan fingerprint density at radius 1 is 1.06 bits per heavy atom. The summed E-state index contributed by atoms with van der Waals surface area (Å²) >= 11 is 0. The Bertz CT molecular complexity index is 1250. The average Bonchev–Trinajstić information content (AvgIpc) is 3.26. The first-order chi connectivity index (χ1) is 16.5. The Kier molecular flexibility index (Phi) is 6.48. The molecule has 3 aromatic rings. The number of pyridine rings is 1. The fraction of sp³-hybridized carbons (Fsp3) is 0.500. The summed E-state index contributed by atoms with van der Waals surface area (Å²) in [6, 6.07) is 4.33. The van der Waals surface area contributed by atoms with Gasteiger partial charge in [0.1, 0.15) is 11.3 Å². The van der Waals surface area contributed by atoms with Crippen LogP contribution in [0.25, 0.3) is 22.4 Å². The van der Waals surface area contributed by atoms with Gasteiger partial charge in [0, 0.05) is 49.3 Å². The molecule has 4 heterocycles. The first-order valence-electron chi connectivity index (χ1n) is 12.0. The second-order valence-corrected chi connectivity index (χ2v) is 9.13. The van der Waals surface area contributed by atoms with Crippen LogP contribution in [0, 0.1) is 31.5 Å². The van der Waals surface area contributed by atoms with Crippen LogP contribution in [0.5, 0.6) is 0 Å². The van der Waals surface area contributed by atoms with Crippen molar-refractivity contribution in [3.8, 4) is 23.3 Å². The fourth-order valence-corrected chi connectivity index (χ4v) is 5.02. The van der Waals surface area contributed by atoms with E-state index in [1.54, 1.807) is 13.8 Å². The van der Waals surface area contributed by atoms with Gasteiger partial charge >= 0.3 is 0 Å². The predicted molar refractivity (Wildman–Crippen MR) is 129 cm³/mol. The molecule has 0 radical (unpaired) electrons. The van der Waals surface area contributed by atoms with Gasteiger partial charge in [0.15, 0.2) is 11.6 Å². The van der Waals surface area contributed by atoms with Crippen molar-refractivity contribution in [3.05, 3.63) is 34.9 Å². The average molecular weight is 464 g/mol. The van der Waals surface area contributed by atoms with Crippen molar-refractivity contribution in [3.63, 3.8) is 0 Å². The second-order valence-electron chi connectivity index (χ2n) is 9.13. The first kappa shape index (κ1) is 22.8. The molecule has 178 valence electrons. The third-order valence-corrected chi connectivity index (χ3v) is 6.78. The van der Waals surface area contributed by atoms with Crippen molar-refractivity contribution < 1.29 is 13.7 Å². The molecule has 1 aromatic carbocycles. The van der Waals surface area contributed by atoms with Gasteiger partial charge in [-0.25, -0.2) is 9.37 Å². The molecule has 0 saturated carbocycles. The molecule has 2 fully saturated rings. The number of aryl methyl sites for hydroxylation is 2. The van der Waals surface area contributed by atoms with Crippen LogP contribution in [-0.4, -0.2) is 53.5 Å². The molecular weight excluding hydrogens is 433 g/mol. The lowest BCUT2D eigenvalue weighted by Gasteiger charge is -2.36. The Morgan fingerprint density at radius 3 is 2.47 bits per heavy atom. The van der Waals surface area contributed by atoms with Crippen molar-refractivity contribution in [2.24, 2.45) is 0 Å². The van der Waals surface area contributed by atoms with E-state index in [9.17, 15) is 0 Å². The molecule has 7 nitrogen and oxygen atoms in total. The number of fused-ring (bicyclic) bond motifs is 1. The van der Waals surface area contributed by atoms with Crippen molar-refractivity contribution in [1.82, 2.24) is 20.4 Å². The molecule has 0 atom stereocenters. The van der Waals surface area contributed by atoms with Gasteiger partial charge in [0.05, 0.1) is 5.56 Å². The summed E-state index contributed by atoms with van der Waals surface area (Å²) in [7, 11) is 0. The number of benzene rings is 1. The standard InChI is InChI=1S/C26H30FN5O2/c1-4-5-18-14-21-16(2)23(26-28-17(3)31-34-26)25(30-24(21)22(27)15-18)32-10-6-19(7-11-32)29-20-8-12-33-13-9-20/h14-15,19-20,29H,6-13H2,1-3H3. The zero-order valence-corrected chi connectivity index (χ0v) is 19.9. The SMILES string of the molecule is CC#Cc1cc(F)c2nc(N3CCC(NC4CCOCC4)CC3)c(-c3nc(C)no3)c(C)c2c1. The topological polar surface area (TPSA) is 76.3 Å². The summed E-state index contributed by atoms with van der Waals surface area (Å²) in [5.74, 6) is 7.09. The zero-order valence-electron chi connectivity index (χ0n) is 19.9. The maximum Gasteiger partial charge on any atom is 0.261 e. The van der Waals surface area contributed by atoms with E-state index in [0.29, 0.717) is 46.1 Å². The number of nitrogens with one attached hydrogen (secondary N) is 1.